The fourth-order valence-electron chi connectivity index (χ4n) is 2.58. The van der Waals surface area contributed by atoms with E-state index in [9.17, 15) is 4.79 Å². The second-order valence-electron chi connectivity index (χ2n) is 4.80. The number of benzene rings is 1. The number of nitrogens with zero attached hydrogens (tertiary/aromatic N) is 1. The van der Waals surface area contributed by atoms with Crippen LogP contribution in [-0.4, -0.2) is 17.4 Å². The zero-order valence-corrected chi connectivity index (χ0v) is 13.0. The first kappa shape index (κ1) is 13.9. The lowest BCUT2D eigenvalue weighted by atomic mass is 10.1. The van der Waals surface area contributed by atoms with Crippen LogP contribution in [0.1, 0.15) is 34.1 Å². The molecule has 3 rings (SSSR count). The number of rotatable bonds is 2. The van der Waals surface area contributed by atoms with Gasteiger partial charge in [0, 0.05) is 17.0 Å². The quantitative estimate of drug-likeness (QED) is 0.758. The van der Waals surface area contributed by atoms with E-state index in [1.165, 1.54) is 4.88 Å². The summed E-state index contributed by atoms with van der Waals surface area (Å²) < 4.78 is 0. The molecule has 1 aromatic carbocycles. The van der Waals surface area contributed by atoms with Crippen LogP contribution in [0.25, 0.3) is 0 Å². The molecule has 1 aliphatic rings. The molecule has 5 heteroatoms. The third-order valence-corrected chi connectivity index (χ3v) is 5.26. The predicted octanol–water partition coefficient (Wildman–Crippen LogP) is 5.03. The lowest BCUT2D eigenvalue weighted by Crippen LogP contribution is -2.30. The van der Waals surface area contributed by atoms with Crippen molar-refractivity contribution in [3.63, 3.8) is 0 Å². The van der Waals surface area contributed by atoms with Crippen molar-refractivity contribution in [3.8, 4) is 0 Å². The van der Waals surface area contributed by atoms with Crippen molar-refractivity contribution < 1.29 is 4.79 Å². The Labute approximate surface area is 131 Å². The highest BCUT2D eigenvalue weighted by Crippen LogP contribution is 2.36. The lowest BCUT2D eigenvalue weighted by molar-refractivity contribution is 0.0738. The third-order valence-electron chi connectivity index (χ3n) is 3.55. The van der Waals surface area contributed by atoms with Gasteiger partial charge in [0.15, 0.2) is 0 Å². The fraction of sp³-hybridized carbons (Fsp3) is 0.267. The van der Waals surface area contributed by atoms with Gasteiger partial charge in [0.1, 0.15) is 0 Å². The highest BCUT2D eigenvalue weighted by atomic mass is 35.5. The van der Waals surface area contributed by atoms with Crippen LogP contribution in [0.2, 0.25) is 10.0 Å². The number of likely N-dealkylation sites (tertiary alicyclic amines) is 1. The molecule has 0 bridgehead atoms. The van der Waals surface area contributed by atoms with E-state index >= 15 is 0 Å². The van der Waals surface area contributed by atoms with Gasteiger partial charge in [-0.15, -0.1) is 11.3 Å². The lowest BCUT2D eigenvalue weighted by Gasteiger charge is -2.24. The Hall–Kier alpha value is -1.03. The summed E-state index contributed by atoms with van der Waals surface area (Å²) in [5.41, 5.74) is 0.600. The molecule has 2 aromatic rings. The molecule has 1 atom stereocenters. The van der Waals surface area contributed by atoms with Gasteiger partial charge in [0.25, 0.3) is 5.91 Å². The van der Waals surface area contributed by atoms with Crippen LogP contribution in [-0.2, 0) is 0 Å². The second kappa shape index (κ2) is 5.76. The summed E-state index contributed by atoms with van der Waals surface area (Å²) in [4.78, 5) is 15.8. The van der Waals surface area contributed by atoms with E-state index in [1.807, 2.05) is 11.0 Å². The van der Waals surface area contributed by atoms with Crippen LogP contribution >= 0.6 is 34.5 Å². The summed E-state index contributed by atoms with van der Waals surface area (Å²) in [7, 11) is 0. The van der Waals surface area contributed by atoms with Crippen molar-refractivity contribution in [1.29, 1.82) is 0 Å². The van der Waals surface area contributed by atoms with Crippen LogP contribution in [0.3, 0.4) is 0 Å². The Morgan fingerprint density at radius 2 is 2.10 bits per heavy atom. The average molecular weight is 326 g/mol. The zero-order valence-electron chi connectivity index (χ0n) is 10.7. The van der Waals surface area contributed by atoms with Crippen LogP contribution in [0.5, 0.6) is 0 Å². The van der Waals surface area contributed by atoms with E-state index in [-0.39, 0.29) is 11.9 Å². The molecule has 1 aromatic heterocycles. The maximum atomic E-state index is 12.6. The van der Waals surface area contributed by atoms with E-state index < -0.39 is 0 Å². The Morgan fingerprint density at radius 3 is 2.80 bits per heavy atom. The Morgan fingerprint density at radius 1 is 1.25 bits per heavy atom. The third kappa shape index (κ3) is 2.58. The molecule has 20 heavy (non-hydrogen) atoms. The van der Waals surface area contributed by atoms with E-state index in [2.05, 4.69) is 11.4 Å². The van der Waals surface area contributed by atoms with Gasteiger partial charge in [-0.2, -0.15) is 0 Å². The van der Waals surface area contributed by atoms with Gasteiger partial charge < -0.3 is 4.90 Å². The normalized spacial score (nSPS) is 18.5. The second-order valence-corrected chi connectivity index (χ2v) is 6.59. The Bertz CT molecular complexity index is 627. The van der Waals surface area contributed by atoms with Crippen LogP contribution in [0.15, 0.2) is 35.7 Å². The van der Waals surface area contributed by atoms with Gasteiger partial charge in [0.2, 0.25) is 0 Å². The highest BCUT2D eigenvalue weighted by Gasteiger charge is 2.31. The van der Waals surface area contributed by atoms with Gasteiger partial charge in [-0.05, 0) is 42.5 Å². The van der Waals surface area contributed by atoms with Crippen molar-refractivity contribution in [2.75, 3.05) is 6.54 Å². The first-order valence-corrected chi connectivity index (χ1v) is 8.10. The monoisotopic (exact) mass is 325 g/mol. The minimum atomic E-state index is 0.0273. The molecule has 2 nitrogen and oxygen atoms in total. The molecule has 0 saturated carbocycles. The van der Waals surface area contributed by atoms with Crippen molar-refractivity contribution >= 4 is 40.4 Å². The SMILES string of the molecule is O=C(c1ccc(Cl)c(Cl)c1)N1CCCC1c1cccs1. The molecule has 0 aliphatic carbocycles. The Kier molecular flexibility index (Phi) is 4.01. The van der Waals surface area contributed by atoms with Gasteiger partial charge in [-0.25, -0.2) is 0 Å². The molecule has 1 unspecified atom stereocenters. The number of carbonyl (C=O) groups is 1. The molecule has 1 saturated heterocycles. The van der Waals surface area contributed by atoms with Gasteiger partial charge >= 0.3 is 0 Å². The van der Waals surface area contributed by atoms with Crippen molar-refractivity contribution in [2.45, 2.75) is 18.9 Å². The molecule has 2 heterocycles. The standard InChI is InChI=1S/C15H13Cl2NOS/c16-11-6-5-10(9-12(11)17)15(19)18-7-1-3-13(18)14-4-2-8-20-14/h2,4-6,8-9,13H,1,3,7H2. The van der Waals surface area contributed by atoms with E-state index in [4.69, 9.17) is 23.2 Å². The Balaban J connectivity index is 1.87. The summed E-state index contributed by atoms with van der Waals surface area (Å²) in [6, 6.07) is 9.37. The van der Waals surface area contributed by atoms with Crippen LogP contribution in [0, 0.1) is 0 Å². The zero-order chi connectivity index (χ0) is 14.1. The van der Waals surface area contributed by atoms with Crippen LogP contribution in [0.4, 0.5) is 0 Å². The number of thiophene rings is 1. The summed E-state index contributed by atoms with van der Waals surface area (Å²) in [6.45, 7) is 0.793. The molecular weight excluding hydrogens is 313 g/mol. The molecule has 0 N–H and O–H groups in total. The van der Waals surface area contributed by atoms with E-state index in [0.717, 1.165) is 19.4 Å². The van der Waals surface area contributed by atoms with Crippen molar-refractivity contribution in [3.05, 3.63) is 56.2 Å². The molecule has 1 amide bonds. The summed E-state index contributed by atoms with van der Waals surface area (Å²) in [5, 5.41) is 2.94. The topological polar surface area (TPSA) is 20.3 Å². The molecule has 0 spiro atoms. The first-order valence-electron chi connectivity index (χ1n) is 6.46. The smallest absolute Gasteiger partial charge is 0.254 e. The van der Waals surface area contributed by atoms with Gasteiger partial charge in [0.05, 0.1) is 16.1 Å². The van der Waals surface area contributed by atoms with Crippen molar-refractivity contribution in [2.24, 2.45) is 0 Å². The first-order chi connectivity index (χ1) is 9.66. The molecule has 1 fully saturated rings. The summed E-state index contributed by atoms with van der Waals surface area (Å²) in [5.74, 6) is 0.0273. The minimum Gasteiger partial charge on any atom is -0.331 e. The minimum absolute atomic E-state index is 0.0273. The van der Waals surface area contributed by atoms with Crippen LogP contribution < -0.4 is 0 Å². The molecule has 1 aliphatic heterocycles. The highest BCUT2D eigenvalue weighted by molar-refractivity contribution is 7.10. The summed E-state index contributed by atoms with van der Waals surface area (Å²) in [6.07, 6.45) is 2.06. The van der Waals surface area contributed by atoms with Gasteiger partial charge in [-0.1, -0.05) is 29.3 Å². The number of hydrogen-bond donors (Lipinski definition) is 0. The van der Waals surface area contributed by atoms with E-state index in [1.54, 1.807) is 29.5 Å². The van der Waals surface area contributed by atoms with E-state index in [0.29, 0.717) is 15.6 Å². The largest absolute Gasteiger partial charge is 0.331 e. The number of hydrogen-bond acceptors (Lipinski definition) is 2. The molecule has 0 radical (unpaired) electrons. The number of halogens is 2. The fourth-order valence-corrected chi connectivity index (χ4v) is 3.75. The maximum absolute atomic E-state index is 12.6. The average Bonchev–Trinajstić information content (AvgIpc) is 3.10. The van der Waals surface area contributed by atoms with Crippen molar-refractivity contribution in [1.82, 2.24) is 4.90 Å². The summed E-state index contributed by atoms with van der Waals surface area (Å²) >= 11 is 13.6. The predicted molar refractivity (Wildman–Crippen MR) is 83.8 cm³/mol. The number of amides is 1. The maximum Gasteiger partial charge on any atom is 0.254 e. The molecule has 104 valence electrons. The van der Waals surface area contributed by atoms with Gasteiger partial charge in [-0.3, -0.25) is 4.79 Å². The molecular formula is C15H13Cl2NOS. The number of carbonyl (C=O) groups excluding carboxylic acids is 1.